The van der Waals surface area contributed by atoms with Crippen molar-refractivity contribution in [3.63, 3.8) is 0 Å². The average Bonchev–Trinajstić information content (AvgIpc) is 2.66. The molecular weight excluding hydrogens is 218 g/mol. The fourth-order valence-corrected chi connectivity index (χ4v) is 1.80. The normalized spacial score (nSPS) is 10.5. The summed E-state index contributed by atoms with van der Waals surface area (Å²) in [5, 5.41) is 1.71. The molecule has 0 aliphatic carbocycles. The van der Waals surface area contributed by atoms with Gasteiger partial charge in [0.05, 0.1) is 12.1 Å². The van der Waals surface area contributed by atoms with Crippen LogP contribution in [0.25, 0.3) is 10.2 Å². The second-order valence-corrected chi connectivity index (χ2v) is 3.58. The van der Waals surface area contributed by atoms with Gasteiger partial charge in [0, 0.05) is 0 Å². The van der Waals surface area contributed by atoms with Crippen LogP contribution in [-0.2, 0) is 4.74 Å². The summed E-state index contributed by atoms with van der Waals surface area (Å²) in [5.41, 5.74) is -0.0997. The van der Waals surface area contributed by atoms with Crippen LogP contribution in [-0.4, -0.2) is 17.6 Å². The summed E-state index contributed by atoms with van der Waals surface area (Å²) in [5.74, 6) is -1.02. The molecule has 0 bridgehead atoms. The van der Waals surface area contributed by atoms with Crippen LogP contribution in [0.1, 0.15) is 17.6 Å². The highest BCUT2D eigenvalue weighted by Gasteiger charge is 2.15. The first kappa shape index (κ1) is 9.85. The van der Waals surface area contributed by atoms with Crippen molar-refractivity contribution in [1.29, 1.82) is 0 Å². The van der Waals surface area contributed by atoms with E-state index in [0.717, 1.165) is 0 Å². The minimum absolute atomic E-state index is 0.214. The molecule has 0 aliphatic heterocycles. The summed E-state index contributed by atoms with van der Waals surface area (Å²) < 4.78 is 9.82. The largest absolute Gasteiger partial charge is 0.459 e. The molecule has 2 heterocycles. The monoisotopic (exact) mass is 225 g/mol. The molecule has 0 unspecified atom stereocenters. The van der Waals surface area contributed by atoms with Crippen LogP contribution in [0.2, 0.25) is 0 Å². The molecular formula is C9H7NO4S. The minimum atomic E-state index is -0.720. The predicted molar refractivity (Wildman–Crippen MR) is 54.1 cm³/mol. The van der Waals surface area contributed by atoms with Crippen molar-refractivity contribution in [3.8, 4) is 0 Å². The van der Waals surface area contributed by atoms with Gasteiger partial charge in [0.15, 0.2) is 0 Å². The molecule has 0 fully saturated rings. The van der Waals surface area contributed by atoms with E-state index in [2.05, 4.69) is 9.72 Å². The number of nitrogens with zero attached hydrogens (tertiary/aromatic N) is 1. The van der Waals surface area contributed by atoms with E-state index in [4.69, 9.17) is 4.42 Å². The summed E-state index contributed by atoms with van der Waals surface area (Å²) in [7, 11) is 0. The zero-order valence-electron chi connectivity index (χ0n) is 7.85. The average molecular weight is 225 g/mol. The number of hydrogen-bond donors (Lipinski definition) is 0. The fraction of sp³-hybridized carbons (Fsp3) is 0.222. The molecule has 0 aromatic carbocycles. The molecule has 2 aromatic rings. The van der Waals surface area contributed by atoms with Gasteiger partial charge in [-0.15, -0.1) is 11.3 Å². The number of rotatable bonds is 2. The van der Waals surface area contributed by atoms with Gasteiger partial charge in [-0.2, -0.15) is 0 Å². The van der Waals surface area contributed by atoms with Crippen molar-refractivity contribution in [2.75, 3.05) is 6.61 Å². The third kappa shape index (κ3) is 1.75. The van der Waals surface area contributed by atoms with Crippen LogP contribution < -0.4 is 5.63 Å². The highest BCUT2D eigenvalue weighted by atomic mass is 32.1. The fourth-order valence-electron chi connectivity index (χ4n) is 1.09. The van der Waals surface area contributed by atoms with Crippen LogP contribution in [0, 0.1) is 0 Å². The van der Waals surface area contributed by atoms with E-state index in [0.29, 0.717) is 10.2 Å². The Bertz CT molecular complexity index is 556. The topological polar surface area (TPSA) is 69.4 Å². The molecule has 0 amide bonds. The lowest BCUT2D eigenvalue weighted by atomic mass is 10.5. The molecule has 78 valence electrons. The first-order chi connectivity index (χ1) is 7.22. The Balaban J connectivity index is 2.54. The van der Waals surface area contributed by atoms with Gasteiger partial charge in [-0.1, -0.05) is 0 Å². The summed E-state index contributed by atoms with van der Waals surface area (Å²) in [4.78, 5) is 26.5. The lowest BCUT2D eigenvalue weighted by Crippen LogP contribution is -2.11. The number of esters is 1. The lowest BCUT2D eigenvalue weighted by Gasteiger charge is -1.98. The van der Waals surface area contributed by atoms with Crippen molar-refractivity contribution < 1.29 is 13.9 Å². The molecule has 6 heteroatoms. The maximum absolute atomic E-state index is 11.4. The molecule has 0 spiro atoms. The number of carbonyl (C=O) groups is 1. The quantitative estimate of drug-likeness (QED) is 0.723. The molecule has 15 heavy (non-hydrogen) atoms. The number of aromatic nitrogens is 1. The van der Waals surface area contributed by atoms with E-state index in [1.165, 1.54) is 11.3 Å². The summed E-state index contributed by atoms with van der Waals surface area (Å²) >= 11 is 1.23. The lowest BCUT2D eigenvalue weighted by molar-refractivity contribution is 0.0474. The SMILES string of the molecule is CCOC(=O)c1nc2ccsc2c(=O)o1. The maximum atomic E-state index is 11.4. The second-order valence-electron chi connectivity index (χ2n) is 2.66. The van der Waals surface area contributed by atoms with Crippen LogP contribution in [0.5, 0.6) is 0 Å². The van der Waals surface area contributed by atoms with Crippen molar-refractivity contribution >= 4 is 27.5 Å². The standard InChI is InChI=1S/C9H7NO4S/c1-2-13-9(12)7-10-5-3-4-15-6(5)8(11)14-7/h3-4H,2H2,1H3. The van der Waals surface area contributed by atoms with Gasteiger partial charge in [0.25, 0.3) is 0 Å². The Hall–Kier alpha value is -1.69. The predicted octanol–water partition coefficient (Wildman–Crippen LogP) is 1.43. The van der Waals surface area contributed by atoms with E-state index in [9.17, 15) is 9.59 Å². The van der Waals surface area contributed by atoms with Gasteiger partial charge in [-0.25, -0.2) is 14.6 Å². The van der Waals surface area contributed by atoms with Gasteiger partial charge in [-0.3, -0.25) is 0 Å². The van der Waals surface area contributed by atoms with Crippen LogP contribution in [0.4, 0.5) is 0 Å². The van der Waals surface area contributed by atoms with Crippen LogP contribution in [0.15, 0.2) is 20.7 Å². The Kier molecular flexibility index (Phi) is 2.51. The Morgan fingerprint density at radius 1 is 1.67 bits per heavy atom. The molecule has 0 N–H and O–H groups in total. The van der Waals surface area contributed by atoms with Crippen LogP contribution in [0.3, 0.4) is 0 Å². The summed E-state index contributed by atoms with van der Waals surface area (Å²) in [6.45, 7) is 1.88. The van der Waals surface area contributed by atoms with Crippen molar-refractivity contribution in [2.24, 2.45) is 0 Å². The van der Waals surface area contributed by atoms with Gasteiger partial charge in [-0.05, 0) is 18.4 Å². The molecule has 5 nitrogen and oxygen atoms in total. The van der Waals surface area contributed by atoms with Crippen molar-refractivity contribution in [1.82, 2.24) is 4.98 Å². The zero-order chi connectivity index (χ0) is 10.8. The summed E-state index contributed by atoms with van der Waals surface area (Å²) in [6.07, 6.45) is 0. The third-order valence-corrected chi connectivity index (χ3v) is 2.57. The van der Waals surface area contributed by atoms with Gasteiger partial charge < -0.3 is 9.15 Å². The number of carbonyl (C=O) groups excluding carboxylic acids is 1. The van der Waals surface area contributed by atoms with Gasteiger partial charge >= 0.3 is 17.5 Å². The third-order valence-electron chi connectivity index (χ3n) is 1.69. The molecule has 0 saturated carbocycles. The molecule has 2 aromatic heterocycles. The maximum Gasteiger partial charge on any atom is 0.394 e. The second kappa shape index (κ2) is 3.82. The molecule has 0 radical (unpaired) electrons. The van der Waals surface area contributed by atoms with Crippen molar-refractivity contribution in [3.05, 3.63) is 27.8 Å². The number of hydrogen-bond acceptors (Lipinski definition) is 6. The molecule has 0 saturated heterocycles. The van der Waals surface area contributed by atoms with Gasteiger partial charge in [0.2, 0.25) is 0 Å². The highest BCUT2D eigenvalue weighted by molar-refractivity contribution is 7.17. The number of ether oxygens (including phenoxy) is 1. The highest BCUT2D eigenvalue weighted by Crippen LogP contribution is 2.14. The van der Waals surface area contributed by atoms with E-state index in [-0.39, 0.29) is 12.5 Å². The van der Waals surface area contributed by atoms with E-state index < -0.39 is 11.6 Å². The first-order valence-corrected chi connectivity index (χ1v) is 5.16. The summed E-state index contributed by atoms with van der Waals surface area (Å²) in [6, 6.07) is 1.65. The Labute approximate surface area is 88.3 Å². The first-order valence-electron chi connectivity index (χ1n) is 4.28. The van der Waals surface area contributed by atoms with Crippen LogP contribution >= 0.6 is 11.3 Å². The Morgan fingerprint density at radius 2 is 2.47 bits per heavy atom. The smallest absolute Gasteiger partial charge is 0.394 e. The van der Waals surface area contributed by atoms with E-state index >= 15 is 0 Å². The van der Waals surface area contributed by atoms with E-state index in [1.807, 2.05) is 0 Å². The molecule has 0 aliphatic rings. The van der Waals surface area contributed by atoms with Crippen molar-refractivity contribution in [2.45, 2.75) is 6.92 Å². The molecule has 2 rings (SSSR count). The number of fused-ring (bicyclic) bond motifs is 1. The minimum Gasteiger partial charge on any atom is -0.459 e. The van der Waals surface area contributed by atoms with Gasteiger partial charge in [0.1, 0.15) is 4.70 Å². The Morgan fingerprint density at radius 3 is 3.20 bits per heavy atom. The van der Waals surface area contributed by atoms with E-state index in [1.54, 1.807) is 18.4 Å². The number of thiophene rings is 1. The molecule has 0 atom stereocenters. The zero-order valence-corrected chi connectivity index (χ0v) is 8.67.